The molecule has 2 bridgehead atoms. The molecule has 1 aliphatic heterocycles. The number of amides is 3. The molecule has 0 radical (unpaired) electrons. The highest BCUT2D eigenvalue weighted by Gasteiger charge is 2.59. The van der Waals surface area contributed by atoms with E-state index in [-0.39, 0.29) is 54.5 Å². The Bertz CT molecular complexity index is 501. The van der Waals surface area contributed by atoms with Crippen molar-refractivity contribution in [3.63, 3.8) is 0 Å². The Morgan fingerprint density at radius 1 is 1.32 bits per heavy atom. The summed E-state index contributed by atoms with van der Waals surface area (Å²) in [5, 5.41) is 2.47. The first-order valence-electron chi connectivity index (χ1n) is 6.37. The number of carbonyl (C=O) groups excluding carboxylic acids is 3. The molecule has 1 saturated heterocycles. The molecule has 0 aromatic carbocycles. The zero-order valence-electron chi connectivity index (χ0n) is 10.3. The second kappa shape index (κ2) is 4.23. The standard InChI is InChI=1S/C14H14N2O3/c1-2-5-15-10(17)7-16-13(18)11-8-3-4-9(6-8)12(11)14(16)19/h1,3-4,8-9,11-12H,5-7H2,(H,15,17)/t8-,9-,11-,12-/m0/s1. The molecule has 3 rings (SSSR count). The topological polar surface area (TPSA) is 66.5 Å². The first-order valence-corrected chi connectivity index (χ1v) is 6.37. The van der Waals surface area contributed by atoms with Gasteiger partial charge in [-0.1, -0.05) is 18.1 Å². The minimum atomic E-state index is -0.389. The quantitative estimate of drug-likeness (QED) is 0.423. The average Bonchev–Trinajstić information content (AvgIpc) is 3.06. The van der Waals surface area contributed by atoms with Crippen LogP contribution in [0.15, 0.2) is 12.2 Å². The summed E-state index contributed by atoms with van der Waals surface area (Å²) in [6, 6.07) is 0. The van der Waals surface area contributed by atoms with E-state index in [1.54, 1.807) is 0 Å². The van der Waals surface area contributed by atoms with Gasteiger partial charge in [-0.3, -0.25) is 19.3 Å². The first kappa shape index (κ1) is 12.0. The van der Waals surface area contributed by atoms with Crippen LogP contribution in [-0.2, 0) is 14.4 Å². The molecule has 1 N–H and O–H groups in total. The number of nitrogens with one attached hydrogen (secondary N) is 1. The minimum Gasteiger partial charge on any atom is -0.344 e. The Labute approximate surface area is 111 Å². The maximum Gasteiger partial charge on any atom is 0.240 e. The van der Waals surface area contributed by atoms with Crippen LogP contribution in [0, 0.1) is 36.0 Å². The van der Waals surface area contributed by atoms with Crippen molar-refractivity contribution in [3.05, 3.63) is 12.2 Å². The molecule has 4 atom stereocenters. The van der Waals surface area contributed by atoms with E-state index in [2.05, 4.69) is 11.2 Å². The fraction of sp³-hybridized carbons (Fsp3) is 0.500. The second-order valence-corrected chi connectivity index (χ2v) is 5.24. The maximum atomic E-state index is 12.2. The number of nitrogens with zero attached hydrogens (tertiary/aromatic N) is 1. The molecule has 2 fully saturated rings. The van der Waals surface area contributed by atoms with Gasteiger partial charge in [0.05, 0.1) is 18.4 Å². The first-order chi connectivity index (χ1) is 9.13. The fourth-order valence-electron chi connectivity index (χ4n) is 3.47. The van der Waals surface area contributed by atoms with E-state index in [9.17, 15) is 14.4 Å². The molecule has 0 spiro atoms. The van der Waals surface area contributed by atoms with Gasteiger partial charge < -0.3 is 5.32 Å². The fourth-order valence-corrected chi connectivity index (χ4v) is 3.47. The zero-order valence-corrected chi connectivity index (χ0v) is 10.3. The van der Waals surface area contributed by atoms with Gasteiger partial charge in [0.25, 0.3) is 0 Å². The summed E-state index contributed by atoms with van der Waals surface area (Å²) in [4.78, 5) is 37.2. The van der Waals surface area contributed by atoms with Gasteiger partial charge >= 0.3 is 0 Å². The number of likely N-dealkylation sites (tertiary alicyclic amines) is 1. The average molecular weight is 258 g/mol. The number of terminal acetylenes is 1. The van der Waals surface area contributed by atoms with Gasteiger partial charge in [-0.15, -0.1) is 6.42 Å². The summed E-state index contributed by atoms with van der Waals surface area (Å²) in [6.45, 7) is -0.111. The molecule has 5 nitrogen and oxygen atoms in total. The van der Waals surface area contributed by atoms with Crippen LogP contribution in [0.2, 0.25) is 0 Å². The molecule has 0 aromatic heterocycles. The van der Waals surface area contributed by atoms with Crippen molar-refractivity contribution in [2.75, 3.05) is 13.1 Å². The van der Waals surface area contributed by atoms with Crippen molar-refractivity contribution in [2.24, 2.45) is 23.7 Å². The van der Waals surface area contributed by atoms with Gasteiger partial charge in [-0.2, -0.15) is 0 Å². The Morgan fingerprint density at radius 3 is 2.42 bits per heavy atom. The van der Waals surface area contributed by atoms with Gasteiger partial charge in [0, 0.05) is 0 Å². The van der Waals surface area contributed by atoms with Gasteiger partial charge in [-0.05, 0) is 18.3 Å². The zero-order chi connectivity index (χ0) is 13.6. The van der Waals surface area contributed by atoms with Crippen LogP contribution < -0.4 is 5.32 Å². The molecule has 5 heteroatoms. The molecule has 1 heterocycles. The number of carbonyl (C=O) groups is 3. The second-order valence-electron chi connectivity index (χ2n) is 5.24. The number of imide groups is 1. The molecule has 98 valence electrons. The van der Waals surface area contributed by atoms with Gasteiger partial charge in [0.2, 0.25) is 17.7 Å². The van der Waals surface area contributed by atoms with E-state index < -0.39 is 0 Å². The van der Waals surface area contributed by atoms with Crippen LogP contribution in [0.25, 0.3) is 0 Å². The van der Waals surface area contributed by atoms with Crippen molar-refractivity contribution < 1.29 is 14.4 Å². The highest BCUT2D eigenvalue weighted by molar-refractivity contribution is 6.08. The molecular formula is C14H14N2O3. The Hall–Kier alpha value is -2.09. The third kappa shape index (κ3) is 1.67. The van der Waals surface area contributed by atoms with Crippen molar-refractivity contribution in [2.45, 2.75) is 6.42 Å². The summed E-state index contributed by atoms with van der Waals surface area (Å²) >= 11 is 0. The molecule has 0 aromatic rings. The highest BCUT2D eigenvalue weighted by atomic mass is 16.2. The van der Waals surface area contributed by atoms with E-state index in [0.29, 0.717) is 0 Å². The molecular weight excluding hydrogens is 244 g/mol. The third-order valence-corrected chi connectivity index (χ3v) is 4.25. The minimum absolute atomic E-state index is 0.106. The summed E-state index contributed by atoms with van der Waals surface area (Å²) in [5.74, 6) is 1.33. The number of hydrogen-bond acceptors (Lipinski definition) is 3. The van der Waals surface area contributed by atoms with Crippen molar-refractivity contribution >= 4 is 17.7 Å². The largest absolute Gasteiger partial charge is 0.344 e. The van der Waals surface area contributed by atoms with Crippen LogP contribution in [-0.4, -0.2) is 35.7 Å². The highest BCUT2D eigenvalue weighted by Crippen LogP contribution is 2.52. The lowest BCUT2D eigenvalue weighted by Crippen LogP contribution is -2.41. The maximum absolute atomic E-state index is 12.2. The summed E-state index contributed by atoms with van der Waals surface area (Å²) in [7, 11) is 0. The van der Waals surface area contributed by atoms with Crippen LogP contribution in [0.3, 0.4) is 0 Å². The lowest BCUT2D eigenvalue weighted by Gasteiger charge is -2.16. The van der Waals surface area contributed by atoms with E-state index in [0.717, 1.165) is 11.3 Å². The normalized spacial score (nSPS) is 34.6. The summed E-state index contributed by atoms with van der Waals surface area (Å²) in [5.41, 5.74) is 0. The van der Waals surface area contributed by atoms with Crippen LogP contribution in [0.1, 0.15) is 6.42 Å². The smallest absolute Gasteiger partial charge is 0.240 e. The number of allylic oxidation sites excluding steroid dienone is 2. The predicted molar refractivity (Wildman–Crippen MR) is 66.3 cm³/mol. The SMILES string of the molecule is C#CCNC(=O)CN1C(=O)[C@@H]2[C@@H](C1=O)[C@H]1C=C[C@H]2C1. The van der Waals surface area contributed by atoms with Gasteiger partial charge in [0.1, 0.15) is 6.54 Å². The Kier molecular flexibility index (Phi) is 2.67. The summed E-state index contributed by atoms with van der Waals surface area (Å²) < 4.78 is 0. The number of fused-ring (bicyclic) bond motifs is 5. The van der Waals surface area contributed by atoms with E-state index in [1.807, 2.05) is 12.2 Å². The lowest BCUT2D eigenvalue weighted by molar-refractivity contribution is -0.144. The lowest BCUT2D eigenvalue weighted by atomic mass is 9.85. The monoisotopic (exact) mass is 258 g/mol. The summed E-state index contributed by atoms with van der Waals surface area (Å²) in [6.07, 6.45) is 9.98. The van der Waals surface area contributed by atoms with Crippen LogP contribution in [0.5, 0.6) is 0 Å². The molecule has 0 unspecified atom stereocenters. The Morgan fingerprint density at radius 2 is 1.89 bits per heavy atom. The van der Waals surface area contributed by atoms with E-state index in [1.165, 1.54) is 0 Å². The van der Waals surface area contributed by atoms with Gasteiger partial charge in [-0.25, -0.2) is 0 Å². The molecule has 1 saturated carbocycles. The van der Waals surface area contributed by atoms with Crippen molar-refractivity contribution in [3.8, 4) is 12.3 Å². The van der Waals surface area contributed by atoms with E-state index in [4.69, 9.17) is 6.42 Å². The Balaban J connectivity index is 1.72. The van der Waals surface area contributed by atoms with Crippen LogP contribution >= 0.6 is 0 Å². The number of hydrogen-bond donors (Lipinski definition) is 1. The van der Waals surface area contributed by atoms with Crippen LogP contribution in [0.4, 0.5) is 0 Å². The third-order valence-electron chi connectivity index (χ3n) is 4.25. The van der Waals surface area contributed by atoms with E-state index >= 15 is 0 Å². The molecule has 19 heavy (non-hydrogen) atoms. The number of rotatable bonds is 3. The molecule has 2 aliphatic carbocycles. The molecule has 3 amide bonds. The predicted octanol–water partition coefficient (Wildman–Crippen LogP) is -0.457. The van der Waals surface area contributed by atoms with Crippen molar-refractivity contribution in [1.29, 1.82) is 0 Å². The van der Waals surface area contributed by atoms with Gasteiger partial charge in [0.15, 0.2) is 0 Å². The van der Waals surface area contributed by atoms with Crippen molar-refractivity contribution in [1.82, 2.24) is 10.2 Å². The molecule has 3 aliphatic rings.